The lowest BCUT2D eigenvalue weighted by atomic mass is 10.1. The molecule has 0 saturated carbocycles. The first kappa shape index (κ1) is 31.0. The molecule has 0 aromatic heterocycles. The lowest BCUT2D eigenvalue weighted by Crippen LogP contribution is -2.40. The summed E-state index contributed by atoms with van der Waals surface area (Å²) in [6.07, 6.45) is 11.4. The summed E-state index contributed by atoms with van der Waals surface area (Å²) in [6.45, 7) is 5.51. The number of carbonyl (C=O) groups is 2. The molecule has 0 aromatic carbocycles. The first-order valence-corrected chi connectivity index (χ1v) is 11.4. The number of likely N-dealkylation sites (N-methyl/N-ethyl adjacent to an activating group) is 1. The lowest BCUT2D eigenvalue weighted by Gasteiger charge is -2.21. The van der Waals surface area contributed by atoms with Crippen LogP contribution < -0.4 is 0 Å². The Hall–Kier alpha value is -1.22. The maximum atomic E-state index is 11.8. The van der Waals surface area contributed by atoms with E-state index in [1.165, 1.54) is 56.8 Å². The Bertz CT molecular complexity index is 395. The molecule has 0 aliphatic heterocycles. The molecule has 180 valence electrons. The number of hydrogen-bond donors (Lipinski definition) is 4. The van der Waals surface area contributed by atoms with E-state index in [9.17, 15) is 9.59 Å². The van der Waals surface area contributed by atoms with E-state index in [1.54, 1.807) is 11.9 Å². The zero-order chi connectivity index (χ0) is 23.2. The maximum Gasteiger partial charge on any atom is 0.326 e. The average Bonchev–Trinajstić information content (AvgIpc) is 2.72. The summed E-state index contributed by atoms with van der Waals surface area (Å²) in [5.41, 5.74) is 0. The highest BCUT2D eigenvalue weighted by Crippen LogP contribution is 2.11. The zero-order valence-electron chi connectivity index (χ0n) is 19.4. The van der Waals surface area contributed by atoms with Gasteiger partial charge in [0.1, 0.15) is 6.04 Å². The van der Waals surface area contributed by atoms with Crippen LogP contribution in [0.5, 0.6) is 0 Å². The molecule has 1 unspecified atom stereocenters. The number of aliphatic hydroxyl groups is 3. The molecule has 0 rings (SSSR count). The van der Waals surface area contributed by atoms with Gasteiger partial charge < -0.3 is 25.3 Å². The summed E-state index contributed by atoms with van der Waals surface area (Å²) in [6, 6.07) is -0.735. The Morgan fingerprint density at radius 2 is 1.17 bits per heavy atom. The summed E-state index contributed by atoms with van der Waals surface area (Å²) >= 11 is 0. The van der Waals surface area contributed by atoms with E-state index in [4.69, 9.17) is 20.4 Å². The van der Waals surface area contributed by atoms with E-state index in [0.29, 0.717) is 26.1 Å². The van der Waals surface area contributed by atoms with Crippen LogP contribution in [0.4, 0.5) is 0 Å². The monoisotopic (exact) mass is 434 g/mol. The molecule has 0 aliphatic rings. The Kier molecular flexibility index (Phi) is 23.2. The van der Waals surface area contributed by atoms with Crippen molar-refractivity contribution in [3.8, 4) is 0 Å². The van der Waals surface area contributed by atoms with E-state index in [1.807, 2.05) is 0 Å². The topological polar surface area (TPSA) is 122 Å². The van der Waals surface area contributed by atoms with Gasteiger partial charge in [-0.3, -0.25) is 9.69 Å². The standard InChI is InChI=1S/C16H31NO3.C6H15NO3/c1-4-5-6-7-8-9-10-11-12-13-15(18)17(3)14(2)16(19)20;8-4-1-7(2-5-9)3-6-10/h14H,4-13H2,1-3H3,(H,19,20);8-10H,1-6H2. The Morgan fingerprint density at radius 3 is 1.53 bits per heavy atom. The number of unbranched alkanes of at least 4 members (excludes halogenated alkanes) is 8. The summed E-state index contributed by atoms with van der Waals surface area (Å²) in [7, 11) is 1.56. The van der Waals surface area contributed by atoms with Gasteiger partial charge in [-0.25, -0.2) is 4.79 Å². The fraction of sp³-hybridized carbons (Fsp3) is 0.909. The Labute approximate surface area is 182 Å². The van der Waals surface area contributed by atoms with Crippen molar-refractivity contribution in [3.05, 3.63) is 0 Å². The molecule has 0 aromatic rings. The normalized spacial score (nSPS) is 11.7. The van der Waals surface area contributed by atoms with Crippen LogP contribution in [0.25, 0.3) is 0 Å². The van der Waals surface area contributed by atoms with E-state index in [-0.39, 0.29) is 25.7 Å². The highest BCUT2D eigenvalue weighted by Gasteiger charge is 2.20. The summed E-state index contributed by atoms with van der Waals surface area (Å²) in [4.78, 5) is 25.7. The third-order valence-corrected chi connectivity index (χ3v) is 5.07. The van der Waals surface area contributed by atoms with Gasteiger partial charge in [0.2, 0.25) is 5.91 Å². The number of hydrogen-bond acceptors (Lipinski definition) is 6. The van der Waals surface area contributed by atoms with Gasteiger partial charge in [0, 0.05) is 33.1 Å². The smallest absolute Gasteiger partial charge is 0.326 e. The van der Waals surface area contributed by atoms with Crippen molar-refractivity contribution in [3.63, 3.8) is 0 Å². The van der Waals surface area contributed by atoms with Crippen LogP contribution in [0.2, 0.25) is 0 Å². The van der Waals surface area contributed by atoms with E-state index < -0.39 is 12.0 Å². The van der Waals surface area contributed by atoms with Gasteiger partial charge in [0.05, 0.1) is 19.8 Å². The fourth-order valence-corrected chi connectivity index (χ4v) is 2.90. The van der Waals surface area contributed by atoms with E-state index in [2.05, 4.69) is 6.92 Å². The predicted molar refractivity (Wildman–Crippen MR) is 119 cm³/mol. The van der Waals surface area contributed by atoms with Gasteiger partial charge in [0.15, 0.2) is 0 Å². The molecule has 4 N–H and O–H groups in total. The first-order valence-electron chi connectivity index (χ1n) is 11.4. The fourth-order valence-electron chi connectivity index (χ4n) is 2.90. The molecule has 1 atom stereocenters. The van der Waals surface area contributed by atoms with Crippen molar-refractivity contribution in [1.82, 2.24) is 9.80 Å². The molecule has 30 heavy (non-hydrogen) atoms. The molecule has 1 amide bonds. The van der Waals surface area contributed by atoms with E-state index in [0.717, 1.165) is 12.8 Å². The molecule has 0 radical (unpaired) electrons. The summed E-state index contributed by atoms with van der Waals surface area (Å²) < 4.78 is 0. The second-order valence-corrected chi connectivity index (χ2v) is 7.61. The van der Waals surface area contributed by atoms with Crippen molar-refractivity contribution in [2.45, 2.75) is 84.1 Å². The number of rotatable bonds is 18. The van der Waals surface area contributed by atoms with Gasteiger partial charge in [-0.2, -0.15) is 0 Å². The van der Waals surface area contributed by atoms with Crippen LogP contribution in [0, 0.1) is 0 Å². The number of carboxylic acids is 1. The van der Waals surface area contributed by atoms with Crippen molar-refractivity contribution >= 4 is 11.9 Å². The number of carbonyl (C=O) groups excluding carboxylic acids is 1. The lowest BCUT2D eigenvalue weighted by molar-refractivity contribution is -0.148. The minimum Gasteiger partial charge on any atom is -0.480 e. The van der Waals surface area contributed by atoms with Crippen LogP contribution in [-0.4, -0.2) is 94.6 Å². The summed E-state index contributed by atoms with van der Waals surface area (Å²) in [5, 5.41) is 34.3. The largest absolute Gasteiger partial charge is 0.480 e. The van der Waals surface area contributed by atoms with Crippen LogP contribution in [0.15, 0.2) is 0 Å². The van der Waals surface area contributed by atoms with Gasteiger partial charge in [0.25, 0.3) is 0 Å². The van der Waals surface area contributed by atoms with Crippen LogP contribution in [0.3, 0.4) is 0 Å². The third-order valence-electron chi connectivity index (χ3n) is 5.07. The SMILES string of the molecule is CCCCCCCCCCCC(=O)N(C)C(C)C(=O)O.OCCN(CCO)CCO. The van der Waals surface area contributed by atoms with Crippen molar-refractivity contribution in [2.75, 3.05) is 46.5 Å². The number of aliphatic hydroxyl groups excluding tert-OH is 3. The number of carboxylic acid groups (broad SMARTS) is 1. The second kappa shape index (κ2) is 22.5. The molecule has 0 bridgehead atoms. The van der Waals surface area contributed by atoms with E-state index >= 15 is 0 Å². The van der Waals surface area contributed by atoms with Crippen molar-refractivity contribution in [1.29, 1.82) is 0 Å². The first-order chi connectivity index (χ1) is 14.3. The minimum atomic E-state index is -0.951. The minimum absolute atomic E-state index is 0.0668. The Morgan fingerprint density at radius 1 is 0.767 bits per heavy atom. The maximum absolute atomic E-state index is 11.8. The van der Waals surface area contributed by atoms with Gasteiger partial charge in [-0.1, -0.05) is 58.3 Å². The number of nitrogens with zero attached hydrogens (tertiary/aromatic N) is 2. The van der Waals surface area contributed by atoms with Gasteiger partial charge in [-0.05, 0) is 13.3 Å². The molecule has 0 heterocycles. The van der Waals surface area contributed by atoms with Crippen LogP contribution in [-0.2, 0) is 9.59 Å². The zero-order valence-corrected chi connectivity index (χ0v) is 19.4. The molecular weight excluding hydrogens is 388 g/mol. The molecule has 0 saturated heterocycles. The van der Waals surface area contributed by atoms with Crippen molar-refractivity contribution < 1.29 is 30.0 Å². The molecule has 0 aliphatic carbocycles. The second-order valence-electron chi connectivity index (χ2n) is 7.61. The number of amides is 1. The molecule has 0 fully saturated rings. The quantitative estimate of drug-likeness (QED) is 0.244. The molecule has 8 heteroatoms. The van der Waals surface area contributed by atoms with Crippen LogP contribution in [0.1, 0.15) is 78.1 Å². The van der Waals surface area contributed by atoms with Crippen LogP contribution >= 0.6 is 0 Å². The highest BCUT2D eigenvalue weighted by molar-refractivity contribution is 5.83. The Balaban J connectivity index is 0. The molecule has 0 spiro atoms. The predicted octanol–water partition coefficient (Wildman–Crippen LogP) is 2.10. The highest BCUT2D eigenvalue weighted by atomic mass is 16.4. The molecular formula is C22H46N2O6. The average molecular weight is 435 g/mol. The van der Waals surface area contributed by atoms with Gasteiger partial charge in [-0.15, -0.1) is 0 Å². The summed E-state index contributed by atoms with van der Waals surface area (Å²) in [5.74, 6) is -1.02. The number of aliphatic carboxylic acids is 1. The third kappa shape index (κ3) is 18.8. The van der Waals surface area contributed by atoms with Gasteiger partial charge >= 0.3 is 5.97 Å². The van der Waals surface area contributed by atoms with Crippen molar-refractivity contribution in [2.24, 2.45) is 0 Å². The molecule has 8 nitrogen and oxygen atoms in total.